The van der Waals surface area contributed by atoms with Crippen molar-refractivity contribution in [3.05, 3.63) is 11.6 Å². The minimum atomic E-state index is 0.990. The van der Waals surface area contributed by atoms with E-state index in [9.17, 15) is 0 Å². The van der Waals surface area contributed by atoms with Gasteiger partial charge in [-0.25, -0.2) is 0 Å². The molecule has 0 aliphatic heterocycles. The third-order valence-corrected chi connectivity index (χ3v) is 2.96. The van der Waals surface area contributed by atoms with Crippen molar-refractivity contribution in [2.24, 2.45) is 11.8 Å². The topological polar surface area (TPSA) is 0 Å². The van der Waals surface area contributed by atoms with Crippen LogP contribution >= 0.6 is 0 Å². The minimum absolute atomic E-state index is 0.990. The van der Waals surface area contributed by atoms with Crippen LogP contribution in [0.25, 0.3) is 0 Å². The van der Waals surface area contributed by atoms with Crippen LogP contribution in [0.5, 0.6) is 0 Å². The molecule has 0 aromatic rings. The van der Waals surface area contributed by atoms with Gasteiger partial charge in [-0.05, 0) is 44.4 Å². The van der Waals surface area contributed by atoms with Gasteiger partial charge in [-0.15, -0.1) is 0 Å². The molecule has 0 saturated heterocycles. The Balaban J connectivity index is 2.21. The summed E-state index contributed by atoms with van der Waals surface area (Å²) in [6.45, 7) is 2.30. The third-order valence-electron chi connectivity index (χ3n) is 2.96. The smallest absolute Gasteiger partial charge is 0.0203 e. The van der Waals surface area contributed by atoms with E-state index >= 15 is 0 Å². The molecule has 2 bridgehead atoms. The van der Waals surface area contributed by atoms with Gasteiger partial charge in [0.15, 0.2) is 0 Å². The van der Waals surface area contributed by atoms with Crippen molar-refractivity contribution in [3.8, 4) is 0 Å². The summed E-state index contributed by atoms with van der Waals surface area (Å²) in [4.78, 5) is 0. The summed E-state index contributed by atoms with van der Waals surface area (Å²) in [7, 11) is 0. The van der Waals surface area contributed by atoms with Crippen LogP contribution in [0.3, 0.4) is 0 Å². The summed E-state index contributed by atoms with van der Waals surface area (Å²) in [5, 5.41) is 0. The summed E-state index contributed by atoms with van der Waals surface area (Å²) in [6, 6.07) is 0. The second-order valence-electron chi connectivity index (χ2n) is 3.56. The van der Waals surface area contributed by atoms with Crippen LogP contribution in [-0.4, -0.2) is 0 Å². The first-order valence-corrected chi connectivity index (χ1v) is 4.03. The van der Waals surface area contributed by atoms with Gasteiger partial charge in [0.05, 0.1) is 0 Å². The zero-order valence-electron chi connectivity index (χ0n) is 6.06. The lowest BCUT2D eigenvalue weighted by Gasteiger charge is -2.16. The van der Waals surface area contributed by atoms with Gasteiger partial charge in [0.25, 0.3) is 0 Å². The molecule has 0 radical (unpaired) electrons. The highest BCUT2D eigenvalue weighted by Crippen LogP contribution is 2.41. The molecule has 2 aliphatic rings. The Morgan fingerprint density at radius 2 is 2.33 bits per heavy atom. The molecular weight excluding hydrogens is 108 g/mol. The molecule has 9 heavy (non-hydrogen) atoms. The first-order chi connectivity index (χ1) is 4.36. The molecule has 0 nitrogen and oxygen atoms in total. The van der Waals surface area contributed by atoms with Crippen molar-refractivity contribution >= 4 is 0 Å². The highest BCUT2D eigenvalue weighted by molar-refractivity contribution is 5.11. The molecule has 0 aromatic carbocycles. The normalized spacial score (nSPS) is 40.8. The minimum Gasteiger partial charge on any atom is -0.0851 e. The van der Waals surface area contributed by atoms with Gasteiger partial charge >= 0.3 is 0 Å². The van der Waals surface area contributed by atoms with Crippen LogP contribution < -0.4 is 0 Å². The fraction of sp³-hybridized carbons (Fsp3) is 0.778. The molecule has 0 N–H and O–H groups in total. The SMILES string of the molecule is CC1=CC[C@@H]2CC[C@H]1C2. The molecule has 0 aromatic heterocycles. The van der Waals surface area contributed by atoms with Gasteiger partial charge < -0.3 is 0 Å². The first kappa shape index (κ1) is 5.52. The summed E-state index contributed by atoms with van der Waals surface area (Å²) >= 11 is 0. The lowest BCUT2D eigenvalue weighted by molar-refractivity contribution is 0.504. The molecule has 0 heterocycles. The average Bonchev–Trinajstić information content (AvgIpc) is 2.25. The Morgan fingerprint density at radius 3 is 3.11 bits per heavy atom. The van der Waals surface area contributed by atoms with E-state index in [0.29, 0.717) is 0 Å². The van der Waals surface area contributed by atoms with Gasteiger partial charge in [0.1, 0.15) is 0 Å². The quantitative estimate of drug-likeness (QED) is 0.433. The van der Waals surface area contributed by atoms with Gasteiger partial charge in [-0.1, -0.05) is 11.6 Å². The molecule has 0 amide bonds. The van der Waals surface area contributed by atoms with Crippen molar-refractivity contribution in [2.75, 3.05) is 0 Å². The first-order valence-electron chi connectivity index (χ1n) is 4.03. The fourth-order valence-electron chi connectivity index (χ4n) is 2.22. The van der Waals surface area contributed by atoms with Gasteiger partial charge in [0.2, 0.25) is 0 Å². The van der Waals surface area contributed by atoms with E-state index in [4.69, 9.17) is 0 Å². The molecular formula is C9H14. The zero-order chi connectivity index (χ0) is 6.27. The third kappa shape index (κ3) is 0.810. The summed E-state index contributed by atoms with van der Waals surface area (Å²) in [5.74, 6) is 2.06. The predicted octanol–water partition coefficient (Wildman–Crippen LogP) is 2.75. The van der Waals surface area contributed by atoms with E-state index in [-0.39, 0.29) is 0 Å². The number of hydrogen-bond acceptors (Lipinski definition) is 0. The highest BCUT2D eigenvalue weighted by atomic mass is 14.3. The second kappa shape index (κ2) is 1.86. The molecule has 50 valence electrons. The van der Waals surface area contributed by atoms with Crippen LogP contribution in [0.2, 0.25) is 0 Å². The molecule has 2 atom stereocenters. The Bertz CT molecular complexity index is 144. The predicted molar refractivity (Wildman–Crippen MR) is 39.2 cm³/mol. The number of fused-ring (bicyclic) bond motifs is 2. The molecule has 0 heteroatoms. The maximum Gasteiger partial charge on any atom is -0.0203 e. The zero-order valence-corrected chi connectivity index (χ0v) is 6.06. The van der Waals surface area contributed by atoms with Crippen LogP contribution in [-0.2, 0) is 0 Å². The summed E-state index contributed by atoms with van der Waals surface area (Å²) < 4.78 is 0. The molecule has 2 rings (SSSR count). The van der Waals surface area contributed by atoms with E-state index in [2.05, 4.69) is 13.0 Å². The van der Waals surface area contributed by atoms with Crippen LogP contribution in [0.1, 0.15) is 32.6 Å². The standard InChI is InChI=1S/C9H14/c1-7-2-3-8-4-5-9(7)6-8/h2,8-9H,3-6H2,1H3/t8-,9+/m1/s1. The number of rotatable bonds is 0. The average molecular weight is 122 g/mol. The maximum atomic E-state index is 2.45. The van der Waals surface area contributed by atoms with E-state index in [1.54, 1.807) is 5.57 Å². The van der Waals surface area contributed by atoms with E-state index in [1.807, 2.05) is 0 Å². The Hall–Kier alpha value is -0.260. The van der Waals surface area contributed by atoms with E-state index in [0.717, 1.165) is 11.8 Å². The molecule has 2 aliphatic carbocycles. The maximum absolute atomic E-state index is 2.45. The Labute approximate surface area is 57.0 Å². The van der Waals surface area contributed by atoms with E-state index < -0.39 is 0 Å². The van der Waals surface area contributed by atoms with E-state index in [1.165, 1.54) is 25.7 Å². The lowest BCUT2D eigenvalue weighted by Crippen LogP contribution is -2.03. The molecule has 1 fully saturated rings. The van der Waals surface area contributed by atoms with Crippen molar-refractivity contribution in [1.82, 2.24) is 0 Å². The Kier molecular flexibility index (Phi) is 1.14. The van der Waals surface area contributed by atoms with Crippen LogP contribution in [0.4, 0.5) is 0 Å². The van der Waals surface area contributed by atoms with Crippen LogP contribution in [0, 0.1) is 11.8 Å². The summed E-state index contributed by atoms with van der Waals surface area (Å²) in [6.07, 6.45) is 8.31. The second-order valence-corrected chi connectivity index (χ2v) is 3.56. The highest BCUT2D eigenvalue weighted by Gasteiger charge is 2.27. The van der Waals surface area contributed by atoms with Crippen molar-refractivity contribution < 1.29 is 0 Å². The fourth-order valence-corrected chi connectivity index (χ4v) is 2.22. The number of allylic oxidation sites excluding steroid dienone is 2. The van der Waals surface area contributed by atoms with Crippen LogP contribution in [0.15, 0.2) is 11.6 Å². The molecule has 1 saturated carbocycles. The van der Waals surface area contributed by atoms with Gasteiger partial charge in [-0.2, -0.15) is 0 Å². The summed E-state index contributed by atoms with van der Waals surface area (Å²) in [5.41, 5.74) is 1.67. The molecule has 0 unspecified atom stereocenters. The Morgan fingerprint density at radius 1 is 1.44 bits per heavy atom. The van der Waals surface area contributed by atoms with Crippen molar-refractivity contribution in [1.29, 1.82) is 0 Å². The lowest BCUT2D eigenvalue weighted by atomic mass is 9.90. The van der Waals surface area contributed by atoms with Crippen molar-refractivity contribution in [3.63, 3.8) is 0 Å². The van der Waals surface area contributed by atoms with Crippen molar-refractivity contribution in [2.45, 2.75) is 32.6 Å². The monoisotopic (exact) mass is 122 g/mol. The number of hydrogen-bond donors (Lipinski definition) is 0. The van der Waals surface area contributed by atoms with Gasteiger partial charge in [0, 0.05) is 0 Å². The molecule has 0 spiro atoms. The largest absolute Gasteiger partial charge is 0.0851 e. The van der Waals surface area contributed by atoms with Gasteiger partial charge in [-0.3, -0.25) is 0 Å².